The van der Waals surface area contributed by atoms with E-state index in [1.165, 1.54) is 24.4 Å². The van der Waals surface area contributed by atoms with Gasteiger partial charge in [0, 0.05) is 23.5 Å². The number of anilines is 1. The van der Waals surface area contributed by atoms with Crippen LogP contribution in [0.25, 0.3) is 11.4 Å². The Morgan fingerprint density at radius 1 is 1.13 bits per heavy atom. The van der Waals surface area contributed by atoms with Crippen LogP contribution in [0.1, 0.15) is 23.2 Å². The molecule has 9 heteroatoms. The Balaban J connectivity index is 2.14. The molecule has 4 N–H and O–H groups in total. The zero-order chi connectivity index (χ0) is 21.7. The molecule has 0 unspecified atom stereocenters. The highest BCUT2D eigenvalue weighted by molar-refractivity contribution is 6.02. The van der Waals surface area contributed by atoms with Crippen LogP contribution in [0.3, 0.4) is 0 Å². The van der Waals surface area contributed by atoms with Crippen LogP contribution in [-0.4, -0.2) is 20.8 Å². The number of amidine groups is 1. The van der Waals surface area contributed by atoms with Crippen molar-refractivity contribution in [3.05, 3.63) is 78.1 Å². The lowest BCUT2D eigenvalue weighted by molar-refractivity contribution is -0.137. The van der Waals surface area contributed by atoms with Crippen molar-refractivity contribution in [3.63, 3.8) is 0 Å². The minimum absolute atomic E-state index is 0.0454. The van der Waals surface area contributed by atoms with Gasteiger partial charge in [0.1, 0.15) is 11.7 Å². The van der Waals surface area contributed by atoms with Gasteiger partial charge >= 0.3 is 6.18 Å². The van der Waals surface area contributed by atoms with Crippen LogP contribution in [0.15, 0.2) is 66.3 Å². The number of hydrogen-bond donors (Lipinski definition) is 2. The average Bonchev–Trinajstić information content (AvgIpc) is 2.71. The summed E-state index contributed by atoms with van der Waals surface area (Å²) in [5, 5.41) is 0. The fourth-order valence-corrected chi connectivity index (χ4v) is 2.78. The number of nitrogens with two attached hydrogens (primary N) is 2. The summed E-state index contributed by atoms with van der Waals surface area (Å²) >= 11 is 0. The van der Waals surface area contributed by atoms with Gasteiger partial charge in [-0.3, -0.25) is 0 Å². The topological polar surface area (TPSA) is 103 Å². The van der Waals surface area contributed by atoms with Gasteiger partial charge in [0.15, 0.2) is 11.6 Å². The van der Waals surface area contributed by atoms with Gasteiger partial charge in [-0.2, -0.15) is 13.2 Å². The molecule has 30 heavy (non-hydrogen) atoms. The van der Waals surface area contributed by atoms with E-state index >= 15 is 0 Å². The van der Waals surface area contributed by atoms with E-state index in [-0.39, 0.29) is 28.9 Å². The highest BCUT2D eigenvalue weighted by Gasteiger charge is 2.34. The second kappa shape index (κ2) is 8.73. The second-order valence-electron chi connectivity index (χ2n) is 6.35. The van der Waals surface area contributed by atoms with Gasteiger partial charge < -0.3 is 11.5 Å². The number of aryl methyl sites for hydroxylation is 1. The monoisotopic (exact) mass is 412 g/mol. The lowest BCUT2D eigenvalue weighted by Gasteiger charge is -2.13. The van der Waals surface area contributed by atoms with E-state index in [9.17, 15) is 13.2 Å². The van der Waals surface area contributed by atoms with Crippen LogP contribution < -0.4 is 11.5 Å². The lowest BCUT2D eigenvalue weighted by atomic mass is 10.1. The fourth-order valence-electron chi connectivity index (χ4n) is 2.78. The number of aromatic nitrogens is 3. The highest BCUT2D eigenvalue weighted by Crippen LogP contribution is 2.36. The molecule has 0 amide bonds. The lowest BCUT2D eigenvalue weighted by Crippen LogP contribution is -2.16. The molecule has 1 aromatic carbocycles. The van der Waals surface area contributed by atoms with Crippen molar-refractivity contribution >= 4 is 17.5 Å². The Bertz CT molecular complexity index is 1090. The molecule has 0 spiro atoms. The van der Waals surface area contributed by atoms with Crippen molar-refractivity contribution in [1.29, 1.82) is 0 Å². The number of benzene rings is 1. The van der Waals surface area contributed by atoms with Crippen molar-refractivity contribution in [2.75, 3.05) is 5.73 Å². The maximum absolute atomic E-state index is 13.5. The molecule has 0 aliphatic heterocycles. The zero-order valence-electron chi connectivity index (χ0n) is 15.9. The first-order valence-corrected chi connectivity index (χ1v) is 9.00. The van der Waals surface area contributed by atoms with E-state index in [1.807, 2.05) is 0 Å². The summed E-state index contributed by atoms with van der Waals surface area (Å²) in [6.07, 6.45) is -0.296. The van der Waals surface area contributed by atoms with Crippen LogP contribution >= 0.6 is 0 Å². The minimum Gasteiger partial charge on any atom is -0.383 e. The van der Waals surface area contributed by atoms with E-state index < -0.39 is 11.7 Å². The third-order valence-electron chi connectivity index (χ3n) is 4.19. The van der Waals surface area contributed by atoms with Gasteiger partial charge in [-0.15, -0.1) is 6.58 Å². The number of alkyl halides is 3. The van der Waals surface area contributed by atoms with E-state index in [1.54, 1.807) is 24.3 Å². The predicted octanol–water partition coefficient (Wildman–Crippen LogP) is 4.30. The molecule has 0 aliphatic rings. The second-order valence-corrected chi connectivity index (χ2v) is 6.35. The standard InChI is InChI=1S/C21H19F3N6/c1-2-3-7-13-12-17(29-19(26)15-9-6-11-27-18(15)25)30-20(28-13)14-8-4-5-10-16(14)21(22,23)24/h2,4-6,8-12H,1,3,7H2,(H2,25,27)(H2,26,28,29,30). The van der Waals surface area contributed by atoms with Crippen molar-refractivity contribution in [2.45, 2.75) is 19.0 Å². The predicted molar refractivity (Wildman–Crippen MR) is 110 cm³/mol. The molecule has 2 aromatic heterocycles. The number of nitrogen functional groups attached to an aromatic ring is 1. The summed E-state index contributed by atoms with van der Waals surface area (Å²) < 4.78 is 40.4. The first-order valence-electron chi connectivity index (χ1n) is 9.00. The molecule has 0 fully saturated rings. The zero-order valence-corrected chi connectivity index (χ0v) is 15.9. The van der Waals surface area contributed by atoms with Gasteiger partial charge in [0.25, 0.3) is 0 Å². The molecule has 0 radical (unpaired) electrons. The van der Waals surface area contributed by atoms with Crippen LogP contribution in [0, 0.1) is 0 Å². The van der Waals surface area contributed by atoms with Crippen molar-refractivity contribution in [1.82, 2.24) is 15.0 Å². The molecular formula is C21H19F3N6. The average molecular weight is 412 g/mol. The summed E-state index contributed by atoms with van der Waals surface area (Å²) in [7, 11) is 0. The molecule has 0 atom stereocenters. The minimum atomic E-state index is -4.55. The van der Waals surface area contributed by atoms with E-state index in [0.29, 0.717) is 24.1 Å². The molecule has 0 aliphatic carbocycles. The van der Waals surface area contributed by atoms with Gasteiger partial charge in [0.2, 0.25) is 0 Å². The van der Waals surface area contributed by atoms with Crippen LogP contribution in [0.4, 0.5) is 24.8 Å². The van der Waals surface area contributed by atoms with Crippen LogP contribution in [0.2, 0.25) is 0 Å². The van der Waals surface area contributed by atoms with Gasteiger partial charge in [-0.05, 0) is 31.0 Å². The largest absolute Gasteiger partial charge is 0.417 e. The Hall–Kier alpha value is -3.75. The summed E-state index contributed by atoms with van der Waals surface area (Å²) in [4.78, 5) is 16.7. The van der Waals surface area contributed by atoms with Crippen molar-refractivity contribution in [3.8, 4) is 11.4 Å². The van der Waals surface area contributed by atoms with Crippen LogP contribution in [0.5, 0.6) is 0 Å². The maximum atomic E-state index is 13.5. The molecule has 0 saturated carbocycles. The van der Waals surface area contributed by atoms with Crippen molar-refractivity contribution < 1.29 is 13.2 Å². The summed E-state index contributed by atoms with van der Waals surface area (Å²) in [5.41, 5.74) is 11.8. The van der Waals surface area contributed by atoms with Crippen molar-refractivity contribution in [2.24, 2.45) is 10.7 Å². The number of halogens is 3. The van der Waals surface area contributed by atoms with Gasteiger partial charge in [0.05, 0.1) is 11.1 Å². The molecule has 154 valence electrons. The normalized spacial score (nSPS) is 12.0. The smallest absolute Gasteiger partial charge is 0.383 e. The number of rotatable bonds is 6. The van der Waals surface area contributed by atoms with E-state index in [4.69, 9.17) is 11.5 Å². The molecule has 0 saturated heterocycles. The first-order chi connectivity index (χ1) is 14.3. The van der Waals surface area contributed by atoms with E-state index in [0.717, 1.165) is 6.07 Å². The Morgan fingerprint density at radius 3 is 2.60 bits per heavy atom. The molecule has 2 heterocycles. The number of pyridine rings is 1. The molecule has 0 bridgehead atoms. The van der Waals surface area contributed by atoms with E-state index in [2.05, 4.69) is 26.5 Å². The molecule has 3 rings (SSSR count). The van der Waals surface area contributed by atoms with Gasteiger partial charge in [-0.1, -0.05) is 24.3 Å². The summed E-state index contributed by atoms with van der Waals surface area (Å²) in [6, 6.07) is 9.99. The number of nitrogens with zero attached hydrogens (tertiary/aromatic N) is 4. The third-order valence-corrected chi connectivity index (χ3v) is 4.19. The SMILES string of the molecule is C=CCCc1cc(N=C(N)c2cccnc2N)nc(-c2ccccc2C(F)(F)F)n1. The quantitative estimate of drug-likeness (QED) is 0.357. The molecule has 3 aromatic rings. The van der Waals surface area contributed by atoms with Gasteiger partial charge in [-0.25, -0.2) is 19.9 Å². The Kier molecular flexibility index (Phi) is 6.10. The Labute approximate surface area is 171 Å². The third kappa shape index (κ3) is 4.80. The first kappa shape index (κ1) is 21.0. The molecular weight excluding hydrogens is 393 g/mol. The molecule has 6 nitrogen and oxygen atoms in total. The summed E-state index contributed by atoms with van der Waals surface area (Å²) in [6.45, 7) is 3.66. The summed E-state index contributed by atoms with van der Waals surface area (Å²) in [5.74, 6) is 0.262. The maximum Gasteiger partial charge on any atom is 0.417 e. The Morgan fingerprint density at radius 2 is 1.90 bits per heavy atom. The number of allylic oxidation sites excluding steroid dienone is 1. The number of aliphatic imine (C=N–C) groups is 1. The van der Waals surface area contributed by atoms with Crippen LogP contribution in [-0.2, 0) is 12.6 Å². The number of hydrogen-bond acceptors (Lipinski definition) is 5. The fraction of sp³-hybridized carbons (Fsp3) is 0.143. The highest BCUT2D eigenvalue weighted by atomic mass is 19.4.